The van der Waals surface area contributed by atoms with Crippen LogP contribution in [0.5, 0.6) is 5.75 Å². The van der Waals surface area contributed by atoms with Gasteiger partial charge in [-0.25, -0.2) is 0 Å². The second kappa shape index (κ2) is 7.47. The van der Waals surface area contributed by atoms with E-state index in [1.807, 2.05) is 0 Å². The molecule has 1 aromatic rings. The summed E-state index contributed by atoms with van der Waals surface area (Å²) in [6, 6.07) is 4.82. The van der Waals surface area contributed by atoms with Gasteiger partial charge in [0.2, 0.25) is 0 Å². The third-order valence-corrected chi connectivity index (χ3v) is 8.45. The molecule has 0 aliphatic rings. The number of phenolic OH excluding ortho intramolecular Hbond substituents is 1. The number of hydrogen-bond donors (Lipinski definition) is 1. The Balaban J connectivity index is 3.46. The van der Waals surface area contributed by atoms with E-state index in [4.69, 9.17) is 26.6 Å². The first-order chi connectivity index (χ1) is 9.97. The van der Waals surface area contributed by atoms with Crippen LogP contribution in [0.4, 0.5) is 0 Å². The van der Waals surface area contributed by atoms with Crippen LogP contribution in [0.3, 0.4) is 0 Å². The maximum Gasteiger partial charge on any atom is 0.536 e. The van der Waals surface area contributed by atoms with Crippen LogP contribution >= 0.6 is 0 Å². The predicted octanol–water partition coefficient (Wildman–Crippen LogP) is -0.438. The van der Waals surface area contributed by atoms with Gasteiger partial charge in [-0.15, -0.1) is 0 Å². The number of benzene rings is 1. The van der Waals surface area contributed by atoms with Gasteiger partial charge in [0.1, 0.15) is 5.75 Å². The first-order valence-corrected chi connectivity index (χ1v) is 9.58. The van der Waals surface area contributed by atoms with Crippen molar-refractivity contribution in [3.05, 3.63) is 18.2 Å². The van der Waals surface area contributed by atoms with Gasteiger partial charge in [0.25, 0.3) is 0 Å². The summed E-state index contributed by atoms with van der Waals surface area (Å²) in [5.41, 5.74) is 0. The average molecular weight is 334 g/mol. The standard InChI is InChI=1S/C12H22O7Si2/c1-14-20(15-2,16-3)11-7-10(13)8-12(9-11)21(17-4,18-5)19-6/h7-9,13H,1-6H3. The Bertz CT molecular complexity index is 406. The first-order valence-electron chi connectivity index (χ1n) is 6.13. The molecule has 0 radical (unpaired) electrons. The fourth-order valence-electron chi connectivity index (χ4n) is 2.17. The fourth-order valence-corrected chi connectivity index (χ4v) is 6.04. The molecule has 0 aliphatic heterocycles. The zero-order valence-electron chi connectivity index (χ0n) is 13.1. The summed E-state index contributed by atoms with van der Waals surface area (Å²) in [6.07, 6.45) is 0. The molecule has 0 unspecified atom stereocenters. The van der Waals surface area contributed by atoms with Crippen LogP contribution in [0.2, 0.25) is 0 Å². The van der Waals surface area contributed by atoms with Crippen molar-refractivity contribution in [3.63, 3.8) is 0 Å². The van der Waals surface area contributed by atoms with Crippen molar-refractivity contribution in [3.8, 4) is 5.75 Å². The predicted molar refractivity (Wildman–Crippen MR) is 80.9 cm³/mol. The molecule has 0 saturated heterocycles. The lowest BCUT2D eigenvalue weighted by Crippen LogP contribution is -2.59. The molecule has 0 atom stereocenters. The van der Waals surface area contributed by atoms with E-state index in [0.717, 1.165) is 0 Å². The molecule has 0 amide bonds. The van der Waals surface area contributed by atoms with E-state index >= 15 is 0 Å². The molecule has 7 nitrogen and oxygen atoms in total. The molecule has 0 fully saturated rings. The Morgan fingerprint density at radius 1 is 0.619 bits per heavy atom. The van der Waals surface area contributed by atoms with Crippen LogP contribution in [-0.4, -0.2) is 65.4 Å². The van der Waals surface area contributed by atoms with E-state index in [2.05, 4.69) is 0 Å². The normalized spacial score (nSPS) is 12.7. The fraction of sp³-hybridized carbons (Fsp3) is 0.500. The summed E-state index contributed by atoms with van der Waals surface area (Å²) in [5.74, 6) is 0.0218. The summed E-state index contributed by atoms with van der Waals surface area (Å²) in [5, 5.41) is 11.2. The number of aromatic hydroxyl groups is 1. The zero-order valence-corrected chi connectivity index (χ0v) is 15.1. The molecule has 0 heterocycles. The topological polar surface area (TPSA) is 75.6 Å². The van der Waals surface area contributed by atoms with Crippen LogP contribution in [0, 0.1) is 0 Å². The van der Waals surface area contributed by atoms with E-state index in [9.17, 15) is 5.11 Å². The Labute approximate surface area is 127 Å². The SMILES string of the molecule is CO[Si](OC)(OC)c1cc(O)cc([Si](OC)(OC)OC)c1. The van der Waals surface area contributed by atoms with Crippen LogP contribution in [0.15, 0.2) is 18.2 Å². The van der Waals surface area contributed by atoms with Gasteiger partial charge in [0, 0.05) is 53.0 Å². The van der Waals surface area contributed by atoms with Crippen molar-refractivity contribution < 1.29 is 31.7 Å². The van der Waals surface area contributed by atoms with Gasteiger partial charge in [-0.2, -0.15) is 0 Å². The largest absolute Gasteiger partial charge is 0.536 e. The highest BCUT2D eigenvalue weighted by atomic mass is 28.4. The van der Waals surface area contributed by atoms with Crippen molar-refractivity contribution in [1.82, 2.24) is 0 Å². The Kier molecular flexibility index (Phi) is 6.50. The van der Waals surface area contributed by atoms with Gasteiger partial charge in [-0.3, -0.25) is 0 Å². The molecule has 1 rings (SSSR count). The molecule has 0 aliphatic carbocycles. The van der Waals surface area contributed by atoms with E-state index < -0.39 is 17.6 Å². The monoisotopic (exact) mass is 334 g/mol. The van der Waals surface area contributed by atoms with Crippen molar-refractivity contribution in [2.24, 2.45) is 0 Å². The second-order valence-electron chi connectivity index (χ2n) is 4.11. The third kappa shape index (κ3) is 3.35. The number of rotatable bonds is 8. The van der Waals surface area contributed by atoms with E-state index in [1.54, 1.807) is 6.07 Å². The molecule has 21 heavy (non-hydrogen) atoms. The minimum atomic E-state index is -3.08. The lowest BCUT2D eigenvalue weighted by atomic mass is 10.3. The van der Waals surface area contributed by atoms with Gasteiger partial charge in [-0.05, 0) is 18.2 Å². The smallest absolute Gasteiger partial charge is 0.508 e. The third-order valence-electron chi connectivity index (χ3n) is 3.24. The molecule has 0 aromatic heterocycles. The van der Waals surface area contributed by atoms with Crippen LogP contribution in [-0.2, 0) is 26.6 Å². The van der Waals surface area contributed by atoms with Gasteiger partial charge < -0.3 is 31.7 Å². The molecule has 1 N–H and O–H groups in total. The molecular formula is C12H22O7Si2. The lowest BCUT2D eigenvalue weighted by molar-refractivity contribution is 0.139. The van der Waals surface area contributed by atoms with Crippen molar-refractivity contribution in [2.45, 2.75) is 0 Å². The first kappa shape index (κ1) is 18.3. The molecular weight excluding hydrogens is 312 g/mol. The van der Waals surface area contributed by atoms with Crippen LogP contribution in [0.1, 0.15) is 0 Å². The summed E-state index contributed by atoms with van der Waals surface area (Å²) in [4.78, 5) is 0. The molecule has 9 heteroatoms. The summed E-state index contributed by atoms with van der Waals surface area (Å²) < 4.78 is 32.5. The zero-order chi connectivity index (χ0) is 16.1. The number of hydrogen-bond acceptors (Lipinski definition) is 7. The van der Waals surface area contributed by atoms with Crippen LogP contribution < -0.4 is 10.4 Å². The van der Waals surface area contributed by atoms with Gasteiger partial charge >= 0.3 is 17.6 Å². The lowest BCUT2D eigenvalue weighted by Gasteiger charge is -2.28. The van der Waals surface area contributed by atoms with Crippen molar-refractivity contribution in [2.75, 3.05) is 42.7 Å². The van der Waals surface area contributed by atoms with Crippen molar-refractivity contribution >= 4 is 28.0 Å². The maximum absolute atomic E-state index is 10.0. The molecule has 0 bridgehead atoms. The summed E-state index contributed by atoms with van der Waals surface area (Å²) in [7, 11) is 2.82. The van der Waals surface area contributed by atoms with E-state index in [-0.39, 0.29) is 5.75 Å². The Hall–Kier alpha value is -0.786. The quantitative estimate of drug-likeness (QED) is 0.646. The van der Waals surface area contributed by atoms with Crippen molar-refractivity contribution in [1.29, 1.82) is 0 Å². The minimum absolute atomic E-state index is 0.0218. The molecule has 120 valence electrons. The Morgan fingerprint density at radius 2 is 0.905 bits per heavy atom. The average Bonchev–Trinajstić information content (AvgIpc) is 2.52. The molecule has 0 saturated carbocycles. The van der Waals surface area contributed by atoms with Gasteiger partial charge in [0.05, 0.1) is 0 Å². The van der Waals surface area contributed by atoms with E-state index in [1.165, 1.54) is 54.8 Å². The second-order valence-corrected chi connectivity index (χ2v) is 9.93. The Morgan fingerprint density at radius 3 is 1.14 bits per heavy atom. The highest BCUT2D eigenvalue weighted by Gasteiger charge is 2.46. The highest BCUT2D eigenvalue weighted by molar-refractivity contribution is 6.78. The van der Waals surface area contributed by atoms with Gasteiger partial charge in [-0.1, -0.05) is 0 Å². The van der Waals surface area contributed by atoms with Crippen LogP contribution in [0.25, 0.3) is 0 Å². The highest BCUT2D eigenvalue weighted by Crippen LogP contribution is 2.15. The van der Waals surface area contributed by atoms with Gasteiger partial charge in [0.15, 0.2) is 0 Å². The maximum atomic E-state index is 10.0. The summed E-state index contributed by atoms with van der Waals surface area (Å²) >= 11 is 0. The molecule has 1 aromatic carbocycles. The number of phenols is 1. The minimum Gasteiger partial charge on any atom is -0.508 e. The van der Waals surface area contributed by atoms with E-state index in [0.29, 0.717) is 10.4 Å². The molecule has 0 spiro atoms. The summed E-state index contributed by atoms with van der Waals surface area (Å²) in [6.45, 7) is 0.